The number of aliphatic hydroxyl groups excluding tert-OH is 1. The van der Waals surface area contributed by atoms with E-state index in [9.17, 15) is 9.90 Å². The van der Waals surface area contributed by atoms with Gasteiger partial charge in [0.2, 0.25) is 10.9 Å². The molecule has 0 radical (unpaired) electrons. The van der Waals surface area contributed by atoms with Gasteiger partial charge in [0.25, 0.3) is 0 Å². The van der Waals surface area contributed by atoms with Gasteiger partial charge in [0.05, 0.1) is 6.10 Å². The standard InChI is InChI=1S/C19H33N5O2S/c1-24(14-15-6-3-2-4-7-15)18(26)8-5-13-27-19(20-22-23-21-19)16-9-11-17(25)12-10-16/h15-17,25H,2-14H2,1H3. The van der Waals surface area contributed by atoms with E-state index in [-0.39, 0.29) is 17.9 Å². The van der Waals surface area contributed by atoms with Gasteiger partial charge in [0.15, 0.2) is 0 Å². The van der Waals surface area contributed by atoms with Crippen LogP contribution in [0.1, 0.15) is 70.6 Å². The zero-order valence-corrected chi connectivity index (χ0v) is 17.2. The molecule has 152 valence electrons. The predicted octanol–water partition coefficient (Wildman–Crippen LogP) is 4.58. The van der Waals surface area contributed by atoms with Crippen LogP contribution in [0, 0.1) is 11.8 Å². The lowest BCUT2D eigenvalue weighted by Gasteiger charge is -2.33. The lowest BCUT2D eigenvalue weighted by atomic mass is 9.85. The van der Waals surface area contributed by atoms with E-state index in [0.29, 0.717) is 12.3 Å². The molecule has 2 fully saturated rings. The molecule has 2 saturated carbocycles. The number of thioether (sulfide) groups is 1. The van der Waals surface area contributed by atoms with Gasteiger partial charge in [-0.3, -0.25) is 4.79 Å². The van der Waals surface area contributed by atoms with Crippen LogP contribution in [0.15, 0.2) is 20.7 Å². The van der Waals surface area contributed by atoms with Crippen molar-refractivity contribution in [1.29, 1.82) is 0 Å². The summed E-state index contributed by atoms with van der Waals surface area (Å²) in [5, 5.41) is 25.9. The monoisotopic (exact) mass is 395 g/mol. The van der Waals surface area contributed by atoms with Crippen molar-refractivity contribution in [2.75, 3.05) is 19.3 Å². The second kappa shape index (κ2) is 9.96. The van der Waals surface area contributed by atoms with E-state index in [1.807, 2.05) is 11.9 Å². The number of hydrogen-bond donors (Lipinski definition) is 1. The molecule has 3 aliphatic rings. The quantitative estimate of drug-likeness (QED) is 0.610. The van der Waals surface area contributed by atoms with Crippen LogP contribution in [0.5, 0.6) is 0 Å². The largest absolute Gasteiger partial charge is 0.393 e. The summed E-state index contributed by atoms with van der Waals surface area (Å²) in [4.78, 5) is 13.7. The van der Waals surface area contributed by atoms with Gasteiger partial charge in [-0.05, 0) is 67.1 Å². The zero-order valence-electron chi connectivity index (χ0n) is 16.4. The maximum Gasteiger partial charge on any atom is 0.243 e. The number of carbonyl (C=O) groups excluding carboxylic acids is 1. The Kier molecular flexibility index (Phi) is 7.64. The summed E-state index contributed by atoms with van der Waals surface area (Å²) in [5.74, 6) is 2.02. The van der Waals surface area contributed by atoms with Crippen molar-refractivity contribution in [1.82, 2.24) is 4.90 Å². The van der Waals surface area contributed by atoms with Gasteiger partial charge >= 0.3 is 0 Å². The van der Waals surface area contributed by atoms with Gasteiger partial charge in [0, 0.05) is 25.9 Å². The van der Waals surface area contributed by atoms with Crippen LogP contribution < -0.4 is 0 Å². The Morgan fingerprint density at radius 3 is 2.41 bits per heavy atom. The maximum atomic E-state index is 12.4. The molecule has 7 nitrogen and oxygen atoms in total. The molecule has 1 amide bonds. The summed E-state index contributed by atoms with van der Waals surface area (Å²) >= 11 is 1.66. The SMILES string of the molecule is CN(CC1CCCCC1)C(=O)CCCSC1(C2CCC(O)CC2)N=NN=N1. The number of amides is 1. The molecular weight excluding hydrogens is 362 g/mol. The van der Waals surface area contributed by atoms with Crippen LogP contribution in [0.4, 0.5) is 0 Å². The molecule has 1 N–H and O–H groups in total. The highest BCUT2D eigenvalue weighted by molar-refractivity contribution is 8.00. The second-order valence-corrected chi connectivity index (χ2v) is 9.57. The molecule has 0 aromatic rings. The third-order valence-electron chi connectivity index (χ3n) is 6.18. The van der Waals surface area contributed by atoms with Crippen LogP contribution in [0.3, 0.4) is 0 Å². The Labute approximate surface area is 166 Å². The molecule has 3 rings (SSSR count). The summed E-state index contributed by atoms with van der Waals surface area (Å²) in [5.41, 5.74) is 0. The Morgan fingerprint density at radius 2 is 1.74 bits per heavy atom. The summed E-state index contributed by atoms with van der Waals surface area (Å²) in [6.07, 6.45) is 11.1. The van der Waals surface area contributed by atoms with E-state index in [2.05, 4.69) is 20.7 Å². The molecule has 0 saturated heterocycles. The smallest absolute Gasteiger partial charge is 0.243 e. The Bertz CT molecular complexity index is 530. The first-order chi connectivity index (χ1) is 13.1. The summed E-state index contributed by atoms with van der Waals surface area (Å²) in [7, 11) is 1.94. The fraction of sp³-hybridized carbons (Fsp3) is 0.947. The second-order valence-electron chi connectivity index (χ2n) is 8.27. The Balaban J connectivity index is 1.39. The van der Waals surface area contributed by atoms with Crippen LogP contribution in [0.25, 0.3) is 0 Å². The molecule has 2 aliphatic carbocycles. The van der Waals surface area contributed by atoms with Crippen molar-refractivity contribution >= 4 is 17.7 Å². The van der Waals surface area contributed by atoms with Gasteiger partial charge in [-0.2, -0.15) is 0 Å². The van der Waals surface area contributed by atoms with Gasteiger partial charge in [-0.1, -0.05) is 19.3 Å². The molecule has 8 heteroatoms. The van der Waals surface area contributed by atoms with Gasteiger partial charge in [-0.25, -0.2) is 0 Å². The first-order valence-electron chi connectivity index (χ1n) is 10.5. The minimum Gasteiger partial charge on any atom is -0.393 e. The van der Waals surface area contributed by atoms with E-state index < -0.39 is 4.99 Å². The Hall–Kier alpha value is -1.02. The van der Waals surface area contributed by atoms with Gasteiger partial charge < -0.3 is 10.0 Å². The van der Waals surface area contributed by atoms with Gasteiger partial charge in [0.1, 0.15) is 0 Å². The number of nitrogens with zero attached hydrogens (tertiary/aromatic N) is 5. The van der Waals surface area contributed by atoms with E-state index in [1.54, 1.807) is 11.8 Å². The topological polar surface area (TPSA) is 90.0 Å². The number of rotatable bonds is 8. The lowest BCUT2D eigenvalue weighted by Crippen LogP contribution is -2.34. The van der Waals surface area contributed by atoms with Crippen molar-refractivity contribution in [3.05, 3.63) is 0 Å². The van der Waals surface area contributed by atoms with Crippen molar-refractivity contribution in [2.24, 2.45) is 32.5 Å². The molecular formula is C19H33N5O2S. The average Bonchev–Trinajstić information content (AvgIpc) is 3.16. The molecule has 27 heavy (non-hydrogen) atoms. The van der Waals surface area contributed by atoms with Crippen LogP contribution in [0.2, 0.25) is 0 Å². The van der Waals surface area contributed by atoms with E-state index in [1.165, 1.54) is 32.1 Å². The molecule has 0 bridgehead atoms. The molecule has 0 spiro atoms. The van der Waals surface area contributed by atoms with Crippen molar-refractivity contribution in [3.63, 3.8) is 0 Å². The minimum absolute atomic E-state index is 0.198. The van der Waals surface area contributed by atoms with E-state index in [0.717, 1.165) is 44.4 Å². The van der Waals surface area contributed by atoms with Crippen molar-refractivity contribution in [2.45, 2.75) is 81.7 Å². The average molecular weight is 396 g/mol. The zero-order chi connectivity index (χ0) is 19.1. The predicted molar refractivity (Wildman–Crippen MR) is 106 cm³/mol. The number of hydrogen-bond acceptors (Lipinski definition) is 7. The van der Waals surface area contributed by atoms with Crippen LogP contribution >= 0.6 is 11.8 Å². The molecule has 0 unspecified atom stereocenters. The van der Waals surface area contributed by atoms with E-state index >= 15 is 0 Å². The number of aliphatic hydroxyl groups is 1. The highest BCUT2D eigenvalue weighted by Crippen LogP contribution is 2.46. The normalized spacial score (nSPS) is 27.8. The lowest BCUT2D eigenvalue weighted by molar-refractivity contribution is -0.130. The highest BCUT2D eigenvalue weighted by atomic mass is 32.2. The molecule has 1 aliphatic heterocycles. The van der Waals surface area contributed by atoms with Crippen LogP contribution in [-0.4, -0.2) is 46.4 Å². The molecule has 0 aromatic heterocycles. The third-order valence-corrected chi connectivity index (χ3v) is 7.59. The highest BCUT2D eigenvalue weighted by Gasteiger charge is 2.44. The molecule has 1 heterocycles. The van der Waals surface area contributed by atoms with Crippen molar-refractivity contribution in [3.8, 4) is 0 Å². The van der Waals surface area contributed by atoms with Crippen molar-refractivity contribution < 1.29 is 9.90 Å². The summed E-state index contributed by atoms with van der Waals surface area (Å²) in [6.45, 7) is 0.905. The van der Waals surface area contributed by atoms with Gasteiger partial charge in [-0.15, -0.1) is 22.0 Å². The Morgan fingerprint density at radius 1 is 1.07 bits per heavy atom. The minimum atomic E-state index is -0.628. The summed E-state index contributed by atoms with van der Waals surface area (Å²) in [6, 6.07) is 0. The summed E-state index contributed by atoms with van der Waals surface area (Å²) < 4.78 is 0. The van der Waals surface area contributed by atoms with Crippen LogP contribution in [-0.2, 0) is 4.79 Å². The maximum absolute atomic E-state index is 12.4. The van der Waals surface area contributed by atoms with E-state index in [4.69, 9.17) is 0 Å². The fourth-order valence-corrected chi connectivity index (χ4v) is 5.72. The molecule has 0 aromatic carbocycles. The number of carbonyl (C=O) groups is 1. The molecule has 0 atom stereocenters. The fourth-order valence-electron chi connectivity index (χ4n) is 4.47. The third kappa shape index (κ3) is 5.73. The first kappa shape index (κ1) is 20.7. The first-order valence-corrected chi connectivity index (χ1v) is 11.5.